The SMILES string of the molecule is O=c1oc2ccc([N+](=O)[O-])cc2n1Cc1cccnc1Cl. The zero-order chi connectivity index (χ0) is 15.0. The lowest BCUT2D eigenvalue weighted by atomic mass is 10.2. The fraction of sp³-hybridized carbons (Fsp3) is 0.0769. The Morgan fingerprint density at radius 2 is 2.19 bits per heavy atom. The topological polar surface area (TPSA) is 91.2 Å². The Kier molecular flexibility index (Phi) is 3.19. The van der Waals surface area contributed by atoms with Crippen molar-refractivity contribution in [3.8, 4) is 0 Å². The predicted molar refractivity (Wildman–Crippen MR) is 75.5 cm³/mol. The van der Waals surface area contributed by atoms with E-state index < -0.39 is 10.7 Å². The molecule has 0 saturated carbocycles. The minimum absolute atomic E-state index is 0.116. The molecule has 0 bridgehead atoms. The summed E-state index contributed by atoms with van der Waals surface area (Å²) < 4.78 is 6.35. The van der Waals surface area contributed by atoms with Gasteiger partial charge in [-0.15, -0.1) is 0 Å². The normalized spacial score (nSPS) is 10.9. The number of nitro benzene ring substituents is 1. The lowest BCUT2D eigenvalue weighted by Gasteiger charge is -2.03. The Balaban J connectivity index is 2.15. The standard InChI is InChI=1S/C13H8ClN3O4/c14-12-8(2-1-5-15-12)7-16-10-6-9(17(19)20)3-4-11(10)21-13(16)18/h1-6H,7H2. The van der Waals surface area contributed by atoms with Crippen molar-refractivity contribution in [1.82, 2.24) is 9.55 Å². The van der Waals surface area contributed by atoms with Crippen molar-refractivity contribution in [2.75, 3.05) is 0 Å². The summed E-state index contributed by atoms with van der Waals surface area (Å²) in [6.45, 7) is 0.125. The van der Waals surface area contributed by atoms with Crippen LogP contribution in [0.1, 0.15) is 5.56 Å². The van der Waals surface area contributed by atoms with Crippen molar-refractivity contribution in [1.29, 1.82) is 0 Å². The second-order valence-electron chi connectivity index (χ2n) is 4.32. The van der Waals surface area contributed by atoms with Gasteiger partial charge in [0.2, 0.25) is 0 Å². The highest BCUT2D eigenvalue weighted by Crippen LogP contribution is 2.21. The highest BCUT2D eigenvalue weighted by Gasteiger charge is 2.15. The molecular weight excluding hydrogens is 298 g/mol. The van der Waals surface area contributed by atoms with E-state index in [0.717, 1.165) is 0 Å². The Labute approximate surface area is 122 Å². The number of nitrogens with zero attached hydrogens (tertiary/aromatic N) is 3. The molecule has 8 heteroatoms. The van der Waals surface area contributed by atoms with E-state index in [0.29, 0.717) is 11.1 Å². The maximum atomic E-state index is 11.9. The van der Waals surface area contributed by atoms with E-state index in [4.69, 9.17) is 16.0 Å². The van der Waals surface area contributed by atoms with Gasteiger partial charge in [-0.05, 0) is 12.1 Å². The molecule has 0 saturated heterocycles. The molecule has 21 heavy (non-hydrogen) atoms. The summed E-state index contributed by atoms with van der Waals surface area (Å²) in [6.07, 6.45) is 1.53. The van der Waals surface area contributed by atoms with Crippen LogP contribution in [0.4, 0.5) is 5.69 Å². The number of benzene rings is 1. The molecule has 106 valence electrons. The van der Waals surface area contributed by atoms with Gasteiger partial charge in [0, 0.05) is 23.9 Å². The van der Waals surface area contributed by atoms with Crippen LogP contribution in [0.3, 0.4) is 0 Å². The van der Waals surface area contributed by atoms with Gasteiger partial charge in [0.1, 0.15) is 5.15 Å². The molecule has 7 nitrogen and oxygen atoms in total. The number of aromatic nitrogens is 2. The average Bonchev–Trinajstić information content (AvgIpc) is 2.76. The fourth-order valence-corrected chi connectivity index (χ4v) is 2.20. The molecule has 0 aliphatic rings. The number of hydrogen-bond acceptors (Lipinski definition) is 5. The van der Waals surface area contributed by atoms with Crippen molar-refractivity contribution in [2.45, 2.75) is 6.54 Å². The van der Waals surface area contributed by atoms with E-state index in [-0.39, 0.29) is 23.0 Å². The van der Waals surface area contributed by atoms with Gasteiger partial charge in [-0.2, -0.15) is 0 Å². The molecule has 3 aromatic rings. The van der Waals surface area contributed by atoms with Crippen molar-refractivity contribution >= 4 is 28.4 Å². The largest absolute Gasteiger partial charge is 0.420 e. The zero-order valence-electron chi connectivity index (χ0n) is 10.5. The summed E-state index contributed by atoms with van der Waals surface area (Å²) in [5, 5.41) is 11.1. The third-order valence-electron chi connectivity index (χ3n) is 3.03. The molecule has 0 aliphatic heterocycles. The van der Waals surface area contributed by atoms with Gasteiger partial charge in [-0.1, -0.05) is 17.7 Å². The lowest BCUT2D eigenvalue weighted by molar-refractivity contribution is -0.384. The highest BCUT2D eigenvalue weighted by atomic mass is 35.5. The van der Waals surface area contributed by atoms with Crippen molar-refractivity contribution < 1.29 is 9.34 Å². The van der Waals surface area contributed by atoms with E-state index in [1.54, 1.807) is 12.1 Å². The number of rotatable bonds is 3. The number of halogens is 1. The van der Waals surface area contributed by atoms with E-state index in [1.807, 2.05) is 0 Å². The van der Waals surface area contributed by atoms with E-state index in [1.165, 1.54) is 29.0 Å². The second kappa shape index (κ2) is 5.02. The molecule has 0 aliphatic carbocycles. The van der Waals surface area contributed by atoms with Crippen LogP contribution in [-0.2, 0) is 6.54 Å². The van der Waals surface area contributed by atoms with Crippen LogP contribution in [0.2, 0.25) is 5.15 Å². The molecule has 0 spiro atoms. The summed E-state index contributed by atoms with van der Waals surface area (Å²) in [6, 6.07) is 7.39. The number of pyridine rings is 1. The van der Waals surface area contributed by atoms with Crippen LogP contribution in [0.15, 0.2) is 45.7 Å². The smallest absolute Gasteiger partial charge is 0.408 e. The van der Waals surface area contributed by atoms with Crippen LogP contribution in [0.25, 0.3) is 11.1 Å². The van der Waals surface area contributed by atoms with Crippen LogP contribution in [0, 0.1) is 10.1 Å². The average molecular weight is 306 g/mol. The summed E-state index contributed by atoms with van der Waals surface area (Å²) in [7, 11) is 0. The third-order valence-corrected chi connectivity index (χ3v) is 3.37. The summed E-state index contributed by atoms with van der Waals surface area (Å²) in [5.74, 6) is -0.606. The predicted octanol–water partition coefficient (Wildman–Crippen LogP) is 2.60. The molecule has 0 unspecified atom stereocenters. The molecule has 0 atom stereocenters. The van der Waals surface area contributed by atoms with Gasteiger partial charge in [0.15, 0.2) is 5.58 Å². The van der Waals surface area contributed by atoms with Gasteiger partial charge in [0.25, 0.3) is 5.69 Å². The molecule has 3 rings (SSSR count). The second-order valence-corrected chi connectivity index (χ2v) is 4.67. The van der Waals surface area contributed by atoms with Gasteiger partial charge >= 0.3 is 5.76 Å². The quantitative estimate of drug-likeness (QED) is 0.421. The summed E-state index contributed by atoms with van der Waals surface area (Å²) in [4.78, 5) is 26.1. The molecular formula is C13H8ClN3O4. The van der Waals surface area contributed by atoms with Gasteiger partial charge in [0.05, 0.1) is 17.0 Å². The minimum atomic E-state index is -0.606. The molecule has 2 heterocycles. The van der Waals surface area contributed by atoms with E-state index in [2.05, 4.69) is 4.98 Å². The summed E-state index contributed by atoms with van der Waals surface area (Å²) in [5.41, 5.74) is 1.13. The highest BCUT2D eigenvalue weighted by molar-refractivity contribution is 6.30. The summed E-state index contributed by atoms with van der Waals surface area (Å²) >= 11 is 5.96. The number of non-ortho nitro benzene ring substituents is 1. The maximum absolute atomic E-state index is 11.9. The first kappa shape index (κ1) is 13.3. The van der Waals surface area contributed by atoms with Crippen LogP contribution in [-0.4, -0.2) is 14.5 Å². The Morgan fingerprint density at radius 3 is 2.90 bits per heavy atom. The number of nitro groups is 1. The zero-order valence-corrected chi connectivity index (χ0v) is 11.3. The first-order valence-corrected chi connectivity index (χ1v) is 6.31. The lowest BCUT2D eigenvalue weighted by Crippen LogP contribution is -2.15. The first-order chi connectivity index (χ1) is 10.1. The fourth-order valence-electron chi connectivity index (χ4n) is 2.02. The number of fused-ring (bicyclic) bond motifs is 1. The van der Waals surface area contributed by atoms with Gasteiger partial charge in [-0.3, -0.25) is 14.7 Å². The van der Waals surface area contributed by atoms with E-state index in [9.17, 15) is 14.9 Å². The van der Waals surface area contributed by atoms with E-state index >= 15 is 0 Å². The van der Waals surface area contributed by atoms with Crippen molar-refractivity contribution in [2.24, 2.45) is 0 Å². The molecule has 0 fully saturated rings. The van der Waals surface area contributed by atoms with Crippen LogP contribution >= 0.6 is 11.6 Å². The first-order valence-electron chi connectivity index (χ1n) is 5.93. The number of hydrogen-bond donors (Lipinski definition) is 0. The molecule has 0 radical (unpaired) electrons. The van der Waals surface area contributed by atoms with Crippen molar-refractivity contribution in [3.63, 3.8) is 0 Å². The van der Waals surface area contributed by atoms with Crippen LogP contribution < -0.4 is 5.76 Å². The van der Waals surface area contributed by atoms with Crippen LogP contribution in [0.5, 0.6) is 0 Å². The van der Waals surface area contributed by atoms with Crippen molar-refractivity contribution in [3.05, 3.63) is 67.9 Å². The molecule has 2 aromatic heterocycles. The monoisotopic (exact) mass is 305 g/mol. The third kappa shape index (κ3) is 2.38. The molecule has 1 aromatic carbocycles. The molecule has 0 amide bonds. The molecule has 0 N–H and O–H groups in total. The minimum Gasteiger partial charge on any atom is -0.408 e. The Bertz CT molecular complexity index is 900. The Hall–Kier alpha value is -2.67. The number of oxazole rings is 1. The van der Waals surface area contributed by atoms with Gasteiger partial charge in [-0.25, -0.2) is 9.78 Å². The Morgan fingerprint density at radius 1 is 1.38 bits per heavy atom. The maximum Gasteiger partial charge on any atom is 0.420 e. The van der Waals surface area contributed by atoms with Gasteiger partial charge < -0.3 is 4.42 Å².